The standard InChI is InChI=1S/C15H20O3/c1-8-4-5-11-9(2)14(16)18-13(11)12-10(8)6-7-15(12,3)17/h11-13,17H,2,4-7H2,1,3H3/t11-,12-,13-,15+/m1/s1. The first-order valence-electron chi connectivity index (χ1n) is 6.72. The van der Waals surface area contributed by atoms with Crippen molar-refractivity contribution in [2.24, 2.45) is 11.8 Å². The molecule has 98 valence electrons. The van der Waals surface area contributed by atoms with Gasteiger partial charge in [0.05, 0.1) is 5.60 Å². The Hall–Kier alpha value is -1.09. The summed E-state index contributed by atoms with van der Waals surface area (Å²) in [5.74, 6) is -0.223. The highest BCUT2D eigenvalue weighted by Crippen LogP contribution is 2.52. The van der Waals surface area contributed by atoms with E-state index in [0.29, 0.717) is 5.57 Å². The van der Waals surface area contributed by atoms with Crippen molar-refractivity contribution in [2.75, 3.05) is 0 Å². The number of hydrogen-bond acceptors (Lipinski definition) is 3. The normalized spacial score (nSPS) is 43.6. The average Bonchev–Trinajstić information content (AvgIpc) is 2.69. The predicted molar refractivity (Wildman–Crippen MR) is 67.8 cm³/mol. The molecule has 4 atom stereocenters. The van der Waals surface area contributed by atoms with Gasteiger partial charge in [0.1, 0.15) is 6.10 Å². The van der Waals surface area contributed by atoms with Crippen LogP contribution in [0.1, 0.15) is 39.5 Å². The zero-order valence-corrected chi connectivity index (χ0v) is 11.0. The number of ether oxygens (including phenoxy) is 1. The van der Waals surface area contributed by atoms with Gasteiger partial charge in [0.25, 0.3) is 0 Å². The van der Waals surface area contributed by atoms with Gasteiger partial charge in [-0.15, -0.1) is 0 Å². The molecule has 0 radical (unpaired) electrons. The number of allylic oxidation sites excluding steroid dienone is 1. The van der Waals surface area contributed by atoms with Crippen LogP contribution < -0.4 is 0 Å². The summed E-state index contributed by atoms with van der Waals surface area (Å²) in [5.41, 5.74) is 2.53. The van der Waals surface area contributed by atoms with E-state index in [0.717, 1.165) is 25.7 Å². The van der Waals surface area contributed by atoms with Crippen LogP contribution in [-0.4, -0.2) is 22.8 Å². The van der Waals surface area contributed by atoms with Crippen molar-refractivity contribution in [1.82, 2.24) is 0 Å². The molecule has 0 aromatic heterocycles. The number of fused-ring (bicyclic) bond motifs is 3. The summed E-state index contributed by atoms with van der Waals surface area (Å²) in [6.07, 6.45) is 3.39. The number of carbonyl (C=O) groups excluding carboxylic acids is 1. The second-order valence-corrected chi connectivity index (χ2v) is 6.18. The molecule has 3 heteroatoms. The molecule has 0 unspecified atom stereocenters. The Morgan fingerprint density at radius 1 is 1.44 bits per heavy atom. The van der Waals surface area contributed by atoms with E-state index in [2.05, 4.69) is 13.5 Å². The Bertz CT molecular complexity index is 458. The van der Waals surface area contributed by atoms with Crippen molar-refractivity contribution >= 4 is 5.97 Å². The van der Waals surface area contributed by atoms with Crippen LogP contribution in [0.15, 0.2) is 23.3 Å². The summed E-state index contributed by atoms with van der Waals surface area (Å²) >= 11 is 0. The van der Waals surface area contributed by atoms with E-state index in [-0.39, 0.29) is 23.9 Å². The maximum atomic E-state index is 11.7. The third-order valence-corrected chi connectivity index (χ3v) is 5.00. The maximum Gasteiger partial charge on any atom is 0.334 e. The van der Waals surface area contributed by atoms with Crippen LogP contribution in [0.25, 0.3) is 0 Å². The SMILES string of the molecule is C=C1C(=O)O[C@@H]2[C@@H]1CCC(C)=C1CC[C@](C)(O)[C@H]12. The molecule has 1 saturated carbocycles. The first-order valence-corrected chi connectivity index (χ1v) is 6.72. The second-order valence-electron chi connectivity index (χ2n) is 6.18. The van der Waals surface area contributed by atoms with Crippen LogP contribution in [0.2, 0.25) is 0 Å². The summed E-state index contributed by atoms with van der Waals surface area (Å²) in [7, 11) is 0. The zero-order valence-electron chi connectivity index (χ0n) is 11.0. The first-order chi connectivity index (χ1) is 8.42. The summed E-state index contributed by atoms with van der Waals surface area (Å²) < 4.78 is 5.52. The molecule has 1 saturated heterocycles. The lowest BCUT2D eigenvalue weighted by atomic mass is 9.79. The Kier molecular flexibility index (Phi) is 2.46. The van der Waals surface area contributed by atoms with Crippen molar-refractivity contribution in [2.45, 2.75) is 51.2 Å². The van der Waals surface area contributed by atoms with Crippen molar-refractivity contribution in [1.29, 1.82) is 0 Å². The van der Waals surface area contributed by atoms with Gasteiger partial charge in [-0.2, -0.15) is 0 Å². The van der Waals surface area contributed by atoms with Crippen LogP contribution in [0.5, 0.6) is 0 Å². The monoisotopic (exact) mass is 248 g/mol. The molecule has 0 spiro atoms. The lowest BCUT2D eigenvalue weighted by molar-refractivity contribution is -0.144. The van der Waals surface area contributed by atoms with E-state index in [1.165, 1.54) is 11.1 Å². The number of carbonyl (C=O) groups is 1. The Morgan fingerprint density at radius 3 is 2.89 bits per heavy atom. The summed E-state index contributed by atoms with van der Waals surface area (Å²) in [5, 5.41) is 10.6. The highest BCUT2D eigenvalue weighted by molar-refractivity contribution is 5.91. The predicted octanol–water partition coefficient (Wildman–Crippen LogP) is 2.36. The van der Waals surface area contributed by atoms with Crippen molar-refractivity contribution in [3.63, 3.8) is 0 Å². The van der Waals surface area contributed by atoms with Gasteiger partial charge in [-0.05, 0) is 39.5 Å². The third-order valence-electron chi connectivity index (χ3n) is 5.00. The van der Waals surface area contributed by atoms with E-state index in [4.69, 9.17) is 4.74 Å². The van der Waals surface area contributed by atoms with Gasteiger partial charge >= 0.3 is 5.97 Å². The van der Waals surface area contributed by atoms with Gasteiger partial charge < -0.3 is 9.84 Å². The Balaban J connectivity index is 2.06. The van der Waals surface area contributed by atoms with E-state index in [1.807, 2.05) is 6.92 Å². The topological polar surface area (TPSA) is 46.5 Å². The smallest absolute Gasteiger partial charge is 0.334 e. The molecular weight excluding hydrogens is 228 g/mol. The van der Waals surface area contributed by atoms with Crippen LogP contribution in [-0.2, 0) is 9.53 Å². The molecule has 1 heterocycles. The van der Waals surface area contributed by atoms with Crippen molar-refractivity contribution in [3.8, 4) is 0 Å². The largest absolute Gasteiger partial charge is 0.458 e. The fourth-order valence-corrected chi connectivity index (χ4v) is 3.91. The number of aliphatic hydroxyl groups is 1. The zero-order chi connectivity index (χ0) is 13.1. The highest BCUT2D eigenvalue weighted by atomic mass is 16.6. The van der Waals surface area contributed by atoms with Gasteiger partial charge in [-0.25, -0.2) is 4.79 Å². The molecule has 1 aliphatic heterocycles. The molecule has 18 heavy (non-hydrogen) atoms. The van der Waals surface area contributed by atoms with E-state index in [9.17, 15) is 9.90 Å². The fraction of sp³-hybridized carbons (Fsp3) is 0.667. The molecule has 0 aromatic rings. The third kappa shape index (κ3) is 1.50. The second kappa shape index (κ2) is 3.70. The molecule has 0 amide bonds. The van der Waals surface area contributed by atoms with Crippen molar-refractivity contribution in [3.05, 3.63) is 23.3 Å². The highest BCUT2D eigenvalue weighted by Gasteiger charge is 2.54. The molecule has 0 bridgehead atoms. The summed E-state index contributed by atoms with van der Waals surface area (Å²) in [6, 6.07) is 0. The molecule has 0 aromatic carbocycles. The van der Waals surface area contributed by atoms with E-state index < -0.39 is 5.60 Å². The molecule has 3 rings (SSSR count). The average molecular weight is 248 g/mol. The van der Waals surface area contributed by atoms with Crippen LogP contribution >= 0.6 is 0 Å². The lowest BCUT2D eigenvalue weighted by Gasteiger charge is -2.32. The minimum atomic E-state index is -0.755. The van der Waals surface area contributed by atoms with E-state index in [1.54, 1.807) is 0 Å². The van der Waals surface area contributed by atoms with Gasteiger partial charge in [-0.3, -0.25) is 0 Å². The first kappa shape index (κ1) is 12.0. The molecule has 3 nitrogen and oxygen atoms in total. The van der Waals surface area contributed by atoms with Gasteiger partial charge in [0.15, 0.2) is 0 Å². The van der Waals surface area contributed by atoms with Crippen molar-refractivity contribution < 1.29 is 14.6 Å². The van der Waals surface area contributed by atoms with E-state index >= 15 is 0 Å². The van der Waals surface area contributed by atoms with Crippen LogP contribution in [0.3, 0.4) is 0 Å². The molecule has 1 N–H and O–H groups in total. The number of esters is 1. The fourth-order valence-electron chi connectivity index (χ4n) is 3.91. The lowest BCUT2D eigenvalue weighted by Crippen LogP contribution is -2.40. The van der Waals surface area contributed by atoms with Gasteiger partial charge in [0.2, 0.25) is 0 Å². The van der Waals surface area contributed by atoms with Crippen LogP contribution in [0.4, 0.5) is 0 Å². The minimum Gasteiger partial charge on any atom is -0.458 e. The quantitative estimate of drug-likeness (QED) is 0.406. The van der Waals surface area contributed by atoms with Gasteiger partial charge in [0, 0.05) is 17.4 Å². The summed E-state index contributed by atoms with van der Waals surface area (Å²) in [4.78, 5) is 11.7. The molecule has 2 aliphatic carbocycles. The number of rotatable bonds is 0. The maximum absolute atomic E-state index is 11.7. The van der Waals surface area contributed by atoms with Crippen LogP contribution in [0, 0.1) is 11.8 Å². The Labute approximate surface area is 108 Å². The minimum absolute atomic E-state index is 0.0341. The summed E-state index contributed by atoms with van der Waals surface area (Å²) in [6.45, 7) is 7.89. The Morgan fingerprint density at radius 2 is 2.17 bits per heavy atom. The van der Waals surface area contributed by atoms with Gasteiger partial charge in [-0.1, -0.05) is 17.7 Å². The molecule has 2 fully saturated rings. The molecule has 3 aliphatic rings. The number of hydrogen-bond donors (Lipinski definition) is 1. The molecular formula is C15H20O3.